The highest BCUT2D eigenvalue weighted by molar-refractivity contribution is 7.12. The topological polar surface area (TPSA) is 74.6 Å². The molecule has 1 amide bonds. The van der Waals surface area contributed by atoms with Crippen molar-refractivity contribution in [2.24, 2.45) is 0 Å². The number of thiophene rings is 1. The molecule has 0 aliphatic carbocycles. The molecule has 27 heavy (non-hydrogen) atoms. The Balaban J connectivity index is 1.37. The van der Waals surface area contributed by atoms with Gasteiger partial charge >= 0.3 is 0 Å². The van der Waals surface area contributed by atoms with E-state index in [0.717, 1.165) is 23.6 Å². The molecule has 3 heterocycles. The Labute approximate surface area is 160 Å². The zero-order chi connectivity index (χ0) is 18.8. The second-order valence-electron chi connectivity index (χ2n) is 6.06. The number of benzene rings is 1. The van der Waals surface area contributed by atoms with E-state index < -0.39 is 0 Å². The van der Waals surface area contributed by atoms with Crippen LogP contribution in [0.4, 0.5) is 5.82 Å². The van der Waals surface area contributed by atoms with Crippen molar-refractivity contribution in [1.29, 1.82) is 0 Å². The lowest BCUT2D eigenvalue weighted by atomic mass is 10.3. The summed E-state index contributed by atoms with van der Waals surface area (Å²) in [5, 5.41) is 9.10. The minimum atomic E-state index is -0.171. The van der Waals surface area contributed by atoms with Crippen molar-refractivity contribution < 1.29 is 19.0 Å². The van der Waals surface area contributed by atoms with Gasteiger partial charge in [0.1, 0.15) is 12.4 Å². The lowest BCUT2D eigenvalue weighted by Crippen LogP contribution is -2.11. The molecule has 8 heteroatoms. The third-order valence-electron chi connectivity index (χ3n) is 4.15. The van der Waals surface area contributed by atoms with E-state index in [9.17, 15) is 4.79 Å². The number of anilines is 1. The maximum absolute atomic E-state index is 12.4. The van der Waals surface area contributed by atoms with Crippen molar-refractivity contribution in [3.63, 3.8) is 0 Å². The van der Waals surface area contributed by atoms with Crippen molar-refractivity contribution in [2.75, 3.05) is 12.1 Å². The number of aryl methyl sites for hydroxylation is 2. The molecule has 4 rings (SSSR count). The van der Waals surface area contributed by atoms with Crippen molar-refractivity contribution in [2.45, 2.75) is 27.0 Å². The summed E-state index contributed by atoms with van der Waals surface area (Å²) < 4.78 is 18.3. The SMILES string of the molecule is CCn1nc(NC(=O)c2cc(COc3ccc4c(c3)OCO4)cs2)cc1C. The summed E-state index contributed by atoms with van der Waals surface area (Å²) >= 11 is 1.38. The third kappa shape index (κ3) is 3.75. The molecule has 0 unspecified atom stereocenters. The molecule has 1 aliphatic heterocycles. The van der Waals surface area contributed by atoms with Gasteiger partial charge in [0.15, 0.2) is 17.3 Å². The number of fused-ring (bicyclic) bond motifs is 1. The van der Waals surface area contributed by atoms with E-state index in [4.69, 9.17) is 14.2 Å². The van der Waals surface area contributed by atoms with E-state index in [2.05, 4.69) is 10.4 Å². The number of rotatable bonds is 6. The van der Waals surface area contributed by atoms with Crippen molar-refractivity contribution in [1.82, 2.24) is 9.78 Å². The molecule has 1 aliphatic rings. The average Bonchev–Trinajstić information content (AvgIpc) is 3.39. The molecule has 0 spiro atoms. The van der Waals surface area contributed by atoms with E-state index in [1.165, 1.54) is 11.3 Å². The second-order valence-corrected chi connectivity index (χ2v) is 6.98. The molecule has 0 atom stereocenters. The molecule has 0 saturated heterocycles. The van der Waals surface area contributed by atoms with Crippen LogP contribution < -0.4 is 19.5 Å². The van der Waals surface area contributed by atoms with Gasteiger partial charge in [-0.15, -0.1) is 11.3 Å². The van der Waals surface area contributed by atoms with Gasteiger partial charge in [-0.25, -0.2) is 0 Å². The summed E-state index contributed by atoms with van der Waals surface area (Å²) in [6.07, 6.45) is 0. The quantitative estimate of drug-likeness (QED) is 0.698. The molecule has 0 fully saturated rings. The Morgan fingerprint density at radius 3 is 2.96 bits per heavy atom. The molecule has 0 bridgehead atoms. The van der Waals surface area contributed by atoms with Crippen LogP contribution in [0.2, 0.25) is 0 Å². The number of hydrogen-bond donors (Lipinski definition) is 1. The van der Waals surface area contributed by atoms with Gasteiger partial charge < -0.3 is 19.5 Å². The Kier molecular flexibility index (Phi) is 4.72. The van der Waals surface area contributed by atoms with Crippen LogP contribution in [-0.4, -0.2) is 22.5 Å². The molecule has 2 aromatic heterocycles. The van der Waals surface area contributed by atoms with E-state index in [1.54, 1.807) is 6.07 Å². The minimum absolute atomic E-state index is 0.171. The molecule has 140 valence electrons. The summed E-state index contributed by atoms with van der Waals surface area (Å²) in [6, 6.07) is 9.14. The lowest BCUT2D eigenvalue weighted by molar-refractivity contribution is 0.103. The number of ether oxygens (including phenoxy) is 3. The third-order valence-corrected chi connectivity index (χ3v) is 5.13. The molecule has 3 aromatic rings. The summed E-state index contributed by atoms with van der Waals surface area (Å²) in [4.78, 5) is 13.0. The van der Waals surface area contributed by atoms with Crippen molar-refractivity contribution in [3.05, 3.63) is 51.8 Å². The molecule has 0 radical (unpaired) electrons. The van der Waals surface area contributed by atoms with E-state index >= 15 is 0 Å². The highest BCUT2D eigenvalue weighted by Gasteiger charge is 2.15. The first-order valence-corrected chi connectivity index (χ1v) is 9.46. The first kappa shape index (κ1) is 17.4. The Hall–Kier alpha value is -3.00. The summed E-state index contributed by atoms with van der Waals surface area (Å²) in [6.45, 7) is 5.34. The van der Waals surface area contributed by atoms with Gasteiger partial charge in [-0.1, -0.05) is 0 Å². The van der Waals surface area contributed by atoms with Crippen LogP contribution >= 0.6 is 11.3 Å². The molecule has 1 N–H and O–H groups in total. The fourth-order valence-corrected chi connectivity index (χ4v) is 3.56. The van der Waals surface area contributed by atoms with E-state index in [-0.39, 0.29) is 12.7 Å². The standard InChI is InChI=1S/C19H19N3O4S/c1-3-22-12(2)6-18(21-22)20-19(23)17-7-13(10-27-17)9-24-14-4-5-15-16(8-14)26-11-25-15/h4-8,10H,3,9,11H2,1-2H3,(H,20,21,23). The van der Waals surface area contributed by atoms with Crippen LogP contribution in [0, 0.1) is 6.92 Å². The summed E-state index contributed by atoms with van der Waals surface area (Å²) in [7, 11) is 0. The second kappa shape index (κ2) is 7.32. The van der Waals surface area contributed by atoms with Crippen LogP contribution in [0.1, 0.15) is 27.9 Å². The maximum atomic E-state index is 12.4. The van der Waals surface area contributed by atoms with Gasteiger partial charge in [0.05, 0.1) is 4.88 Å². The number of aromatic nitrogens is 2. The predicted octanol–water partition coefficient (Wildman–Crippen LogP) is 3.83. The number of nitrogens with zero attached hydrogens (tertiary/aromatic N) is 2. The zero-order valence-corrected chi connectivity index (χ0v) is 15.8. The fourth-order valence-electron chi connectivity index (χ4n) is 2.77. The van der Waals surface area contributed by atoms with Crippen LogP contribution in [0.3, 0.4) is 0 Å². The maximum Gasteiger partial charge on any atom is 0.266 e. The van der Waals surface area contributed by atoms with Gasteiger partial charge in [0.25, 0.3) is 5.91 Å². The minimum Gasteiger partial charge on any atom is -0.489 e. The van der Waals surface area contributed by atoms with Gasteiger partial charge in [-0.05, 0) is 37.4 Å². The van der Waals surface area contributed by atoms with E-state index in [0.29, 0.717) is 28.8 Å². The molecular weight excluding hydrogens is 366 g/mol. The number of carbonyl (C=O) groups excluding carboxylic acids is 1. The van der Waals surface area contributed by atoms with Gasteiger partial charge in [0.2, 0.25) is 6.79 Å². The van der Waals surface area contributed by atoms with Crippen molar-refractivity contribution in [3.8, 4) is 17.2 Å². The highest BCUT2D eigenvalue weighted by atomic mass is 32.1. The zero-order valence-electron chi connectivity index (χ0n) is 15.0. The van der Waals surface area contributed by atoms with Crippen molar-refractivity contribution >= 4 is 23.1 Å². The number of amides is 1. The van der Waals surface area contributed by atoms with Crippen LogP contribution in [0.5, 0.6) is 17.2 Å². The molecule has 7 nitrogen and oxygen atoms in total. The largest absolute Gasteiger partial charge is 0.489 e. The fraction of sp³-hybridized carbons (Fsp3) is 0.263. The Morgan fingerprint density at radius 1 is 1.30 bits per heavy atom. The normalized spacial score (nSPS) is 12.2. The van der Waals surface area contributed by atoms with Gasteiger partial charge in [-0.3, -0.25) is 9.48 Å². The summed E-state index contributed by atoms with van der Waals surface area (Å²) in [5.74, 6) is 2.48. The van der Waals surface area contributed by atoms with Gasteiger partial charge in [-0.2, -0.15) is 5.10 Å². The summed E-state index contributed by atoms with van der Waals surface area (Å²) in [5.41, 5.74) is 1.94. The average molecular weight is 385 g/mol. The molecule has 1 aromatic carbocycles. The molecular formula is C19H19N3O4S. The Morgan fingerprint density at radius 2 is 2.15 bits per heavy atom. The predicted molar refractivity (Wildman–Crippen MR) is 102 cm³/mol. The first-order valence-electron chi connectivity index (χ1n) is 8.58. The lowest BCUT2D eigenvalue weighted by Gasteiger charge is -2.05. The van der Waals surface area contributed by atoms with Crippen LogP contribution in [-0.2, 0) is 13.2 Å². The first-order chi connectivity index (χ1) is 13.1. The van der Waals surface area contributed by atoms with Crippen LogP contribution in [0.25, 0.3) is 0 Å². The van der Waals surface area contributed by atoms with Gasteiger partial charge in [0, 0.05) is 29.9 Å². The van der Waals surface area contributed by atoms with E-state index in [1.807, 2.05) is 48.2 Å². The smallest absolute Gasteiger partial charge is 0.266 e. The number of hydrogen-bond acceptors (Lipinski definition) is 6. The Bertz CT molecular complexity index is 979. The number of nitrogens with one attached hydrogen (secondary N) is 1. The molecule has 0 saturated carbocycles. The van der Waals surface area contributed by atoms with Crippen LogP contribution in [0.15, 0.2) is 35.7 Å². The monoisotopic (exact) mass is 385 g/mol. The number of carbonyl (C=O) groups is 1. The highest BCUT2D eigenvalue weighted by Crippen LogP contribution is 2.35.